The molecule has 15 heavy (non-hydrogen) atoms. The first-order valence-corrected chi connectivity index (χ1v) is 7.75. The Kier molecular flexibility index (Phi) is 4.38. The minimum Gasteiger partial charge on any atom is -0.265 e. The molecule has 0 unspecified atom stereocenters. The molecule has 2 nitrogen and oxygen atoms in total. The van der Waals surface area contributed by atoms with E-state index in [1.54, 1.807) is 56.2 Å². The first kappa shape index (κ1) is 10.9. The Morgan fingerprint density at radius 3 is 1.47 bits per heavy atom. The molecule has 76 valence electrons. The number of hydrogen-bond acceptors (Lipinski definition) is 5. The van der Waals surface area contributed by atoms with Gasteiger partial charge in [0.05, 0.1) is 0 Å². The summed E-state index contributed by atoms with van der Waals surface area (Å²) in [6, 6.07) is 8.02. The Morgan fingerprint density at radius 2 is 1.07 bits per heavy atom. The van der Waals surface area contributed by atoms with E-state index >= 15 is 0 Å². The van der Waals surface area contributed by atoms with E-state index in [0.29, 0.717) is 0 Å². The van der Waals surface area contributed by atoms with E-state index < -0.39 is 0 Å². The van der Waals surface area contributed by atoms with Gasteiger partial charge in [0.2, 0.25) is 0 Å². The molecule has 0 spiro atoms. The normalized spacial score (nSPS) is 10.1. The summed E-state index contributed by atoms with van der Waals surface area (Å²) in [4.78, 5) is 10.4. The van der Waals surface area contributed by atoms with Crippen LogP contribution in [0.2, 0.25) is 0 Å². The van der Waals surface area contributed by atoms with E-state index in [4.69, 9.17) is 0 Å². The van der Waals surface area contributed by atoms with Gasteiger partial charge in [-0.2, -0.15) is 0 Å². The third-order valence-electron chi connectivity index (χ3n) is 1.56. The predicted octanol–water partition coefficient (Wildman–Crippen LogP) is 3.92. The Bertz CT molecular complexity index is 354. The van der Waals surface area contributed by atoms with Gasteiger partial charge in [-0.3, -0.25) is 9.97 Å². The largest absolute Gasteiger partial charge is 0.265 e. The summed E-state index contributed by atoms with van der Waals surface area (Å²) < 4.78 is 0. The summed E-state index contributed by atoms with van der Waals surface area (Å²) in [6.45, 7) is 0. The molecule has 0 aromatic carbocycles. The lowest BCUT2D eigenvalue weighted by Crippen LogP contribution is -1.69. The molecule has 5 heteroatoms. The Balaban J connectivity index is 1.81. The highest BCUT2D eigenvalue weighted by Crippen LogP contribution is 2.43. The fraction of sp³-hybridized carbons (Fsp3) is 0. The Morgan fingerprint density at radius 1 is 0.667 bits per heavy atom. The van der Waals surface area contributed by atoms with Gasteiger partial charge < -0.3 is 0 Å². The van der Waals surface area contributed by atoms with Crippen LogP contribution >= 0.6 is 31.4 Å². The van der Waals surface area contributed by atoms with Crippen LogP contribution in [0.15, 0.2) is 58.8 Å². The first-order chi connectivity index (χ1) is 7.45. The number of aromatic nitrogens is 2. The SMILES string of the molecule is c1cc(SSSc2ccncc2)ccn1. The van der Waals surface area contributed by atoms with Crippen molar-refractivity contribution in [1.82, 2.24) is 9.97 Å². The Labute approximate surface area is 100 Å². The third-order valence-corrected chi connectivity index (χ3v) is 5.41. The van der Waals surface area contributed by atoms with E-state index in [-0.39, 0.29) is 0 Å². The summed E-state index contributed by atoms with van der Waals surface area (Å²) in [5.41, 5.74) is 0. The molecule has 0 amide bonds. The van der Waals surface area contributed by atoms with E-state index in [9.17, 15) is 0 Å². The van der Waals surface area contributed by atoms with Gasteiger partial charge in [0.1, 0.15) is 0 Å². The summed E-state index contributed by atoms with van der Waals surface area (Å²) in [5, 5.41) is 0. The molecular formula is C10H8N2S3. The Hall–Kier alpha value is -0.650. The van der Waals surface area contributed by atoms with Crippen LogP contribution in [-0.2, 0) is 0 Å². The van der Waals surface area contributed by atoms with Crippen molar-refractivity contribution >= 4 is 31.4 Å². The van der Waals surface area contributed by atoms with Crippen LogP contribution in [0.1, 0.15) is 0 Å². The van der Waals surface area contributed by atoms with Crippen LogP contribution < -0.4 is 0 Å². The van der Waals surface area contributed by atoms with Crippen molar-refractivity contribution in [3.05, 3.63) is 49.1 Å². The number of nitrogens with zero attached hydrogens (tertiary/aromatic N) is 2. The monoisotopic (exact) mass is 252 g/mol. The lowest BCUT2D eigenvalue weighted by atomic mass is 10.5. The van der Waals surface area contributed by atoms with Crippen LogP contribution in [0.5, 0.6) is 0 Å². The van der Waals surface area contributed by atoms with Gasteiger partial charge in [0.15, 0.2) is 0 Å². The van der Waals surface area contributed by atoms with Crippen LogP contribution in [0.25, 0.3) is 0 Å². The second-order valence-electron chi connectivity index (χ2n) is 2.60. The number of pyridine rings is 2. The van der Waals surface area contributed by atoms with Gasteiger partial charge in [-0.05, 0) is 55.7 Å². The van der Waals surface area contributed by atoms with Crippen molar-refractivity contribution in [2.24, 2.45) is 0 Å². The molecule has 0 atom stereocenters. The summed E-state index contributed by atoms with van der Waals surface area (Å²) in [7, 11) is 5.21. The molecule has 2 rings (SSSR count). The van der Waals surface area contributed by atoms with Crippen LogP contribution in [0.3, 0.4) is 0 Å². The highest BCUT2D eigenvalue weighted by atomic mass is 33.5. The fourth-order valence-electron chi connectivity index (χ4n) is 0.883. The van der Waals surface area contributed by atoms with Gasteiger partial charge in [-0.25, -0.2) is 0 Å². The zero-order valence-corrected chi connectivity index (χ0v) is 10.2. The smallest absolute Gasteiger partial charge is 0.0279 e. The molecule has 0 aliphatic rings. The average molecular weight is 252 g/mol. The third kappa shape index (κ3) is 3.77. The van der Waals surface area contributed by atoms with Crippen molar-refractivity contribution in [2.75, 3.05) is 0 Å². The van der Waals surface area contributed by atoms with Crippen molar-refractivity contribution in [3.63, 3.8) is 0 Å². The molecule has 0 saturated heterocycles. The predicted molar refractivity (Wildman–Crippen MR) is 67.8 cm³/mol. The molecule has 0 radical (unpaired) electrons. The molecule has 0 aliphatic heterocycles. The van der Waals surface area contributed by atoms with Gasteiger partial charge in [0.25, 0.3) is 0 Å². The van der Waals surface area contributed by atoms with Gasteiger partial charge in [-0.15, -0.1) is 0 Å². The average Bonchev–Trinajstić information content (AvgIpc) is 2.32. The van der Waals surface area contributed by atoms with E-state index in [1.165, 1.54) is 9.79 Å². The second-order valence-corrected chi connectivity index (χ2v) is 6.65. The second kappa shape index (κ2) is 6.05. The molecule has 2 heterocycles. The summed E-state index contributed by atoms with van der Waals surface area (Å²) in [6.07, 6.45) is 7.22. The summed E-state index contributed by atoms with van der Waals surface area (Å²) in [5.74, 6) is 0. The van der Waals surface area contributed by atoms with E-state index in [0.717, 1.165) is 0 Å². The minimum atomic E-state index is 1.22. The lowest BCUT2D eigenvalue weighted by Gasteiger charge is -1.99. The summed E-state index contributed by atoms with van der Waals surface area (Å²) >= 11 is 0. The van der Waals surface area contributed by atoms with Gasteiger partial charge >= 0.3 is 0 Å². The molecule has 0 N–H and O–H groups in total. The molecule has 0 saturated carbocycles. The minimum absolute atomic E-state index is 1.22. The quantitative estimate of drug-likeness (QED) is 0.768. The van der Waals surface area contributed by atoms with Gasteiger partial charge in [-0.1, -0.05) is 0 Å². The molecular weight excluding hydrogens is 244 g/mol. The molecule has 0 bridgehead atoms. The first-order valence-electron chi connectivity index (χ1n) is 4.26. The van der Waals surface area contributed by atoms with Crippen LogP contribution in [-0.4, -0.2) is 9.97 Å². The molecule has 0 fully saturated rings. The van der Waals surface area contributed by atoms with Gasteiger partial charge in [0, 0.05) is 34.6 Å². The lowest BCUT2D eigenvalue weighted by molar-refractivity contribution is 1.27. The van der Waals surface area contributed by atoms with Crippen LogP contribution in [0.4, 0.5) is 0 Å². The fourth-order valence-corrected chi connectivity index (χ4v) is 4.50. The van der Waals surface area contributed by atoms with E-state index in [2.05, 4.69) is 9.97 Å². The molecule has 0 aliphatic carbocycles. The zero-order valence-electron chi connectivity index (χ0n) is 7.74. The molecule has 2 aromatic rings. The topological polar surface area (TPSA) is 25.8 Å². The highest BCUT2D eigenvalue weighted by Gasteiger charge is 1.96. The van der Waals surface area contributed by atoms with Crippen molar-refractivity contribution in [2.45, 2.75) is 9.79 Å². The number of hydrogen-bond donors (Lipinski definition) is 0. The maximum atomic E-state index is 3.97. The zero-order chi connectivity index (χ0) is 10.3. The highest BCUT2D eigenvalue weighted by molar-refractivity contribution is 9.09. The van der Waals surface area contributed by atoms with Crippen molar-refractivity contribution < 1.29 is 0 Å². The maximum absolute atomic E-state index is 3.97. The number of rotatable bonds is 4. The van der Waals surface area contributed by atoms with Crippen molar-refractivity contribution in [1.29, 1.82) is 0 Å². The molecule has 2 aromatic heterocycles. The van der Waals surface area contributed by atoms with Crippen molar-refractivity contribution in [3.8, 4) is 0 Å². The maximum Gasteiger partial charge on any atom is 0.0279 e. The van der Waals surface area contributed by atoms with Crippen LogP contribution in [0, 0.1) is 0 Å². The standard InChI is InChI=1S/C10H8N2S3/c1-5-11-6-2-9(1)13-15-14-10-3-7-12-8-4-10/h1-8H. The van der Waals surface area contributed by atoms with E-state index in [1.807, 2.05) is 24.3 Å².